The SMILES string of the molecule is CCCCCCCCCc1ccc2[nH]c(C=Cc3ccccc3)nc2c1. The third-order valence-electron chi connectivity index (χ3n) is 4.87. The van der Waals surface area contributed by atoms with Gasteiger partial charge in [-0.25, -0.2) is 4.98 Å². The van der Waals surface area contributed by atoms with E-state index < -0.39 is 0 Å². The summed E-state index contributed by atoms with van der Waals surface area (Å²) in [6, 6.07) is 17.0. The molecule has 136 valence electrons. The van der Waals surface area contributed by atoms with Gasteiger partial charge in [-0.15, -0.1) is 0 Å². The molecular weight excluding hydrogens is 316 g/mol. The molecule has 0 aliphatic carbocycles. The molecule has 3 aromatic rings. The molecule has 0 spiro atoms. The number of unbranched alkanes of at least 4 members (excludes halogenated alkanes) is 6. The number of fused-ring (bicyclic) bond motifs is 1. The number of aromatic nitrogens is 2. The van der Waals surface area contributed by atoms with Gasteiger partial charge in [0.25, 0.3) is 0 Å². The molecule has 0 amide bonds. The first-order valence-corrected chi connectivity index (χ1v) is 10.1. The van der Waals surface area contributed by atoms with Crippen molar-refractivity contribution in [2.45, 2.75) is 58.3 Å². The molecule has 2 nitrogen and oxygen atoms in total. The summed E-state index contributed by atoms with van der Waals surface area (Å²) in [7, 11) is 0. The molecule has 0 saturated carbocycles. The number of imidazole rings is 1. The van der Waals surface area contributed by atoms with Crippen LogP contribution in [0.1, 0.15) is 68.8 Å². The van der Waals surface area contributed by atoms with E-state index in [9.17, 15) is 0 Å². The van der Waals surface area contributed by atoms with E-state index in [1.165, 1.54) is 56.1 Å². The zero-order valence-corrected chi connectivity index (χ0v) is 15.9. The molecule has 26 heavy (non-hydrogen) atoms. The fourth-order valence-electron chi connectivity index (χ4n) is 3.33. The monoisotopic (exact) mass is 346 g/mol. The van der Waals surface area contributed by atoms with Crippen molar-refractivity contribution in [2.75, 3.05) is 0 Å². The van der Waals surface area contributed by atoms with Crippen molar-refractivity contribution >= 4 is 23.2 Å². The molecular formula is C24H30N2. The van der Waals surface area contributed by atoms with E-state index in [0.717, 1.165) is 23.3 Å². The molecule has 0 atom stereocenters. The van der Waals surface area contributed by atoms with E-state index in [1.54, 1.807) is 0 Å². The first kappa shape index (κ1) is 18.4. The van der Waals surface area contributed by atoms with Crippen molar-refractivity contribution in [1.29, 1.82) is 0 Å². The first-order valence-electron chi connectivity index (χ1n) is 10.1. The van der Waals surface area contributed by atoms with Gasteiger partial charge >= 0.3 is 0 Å². The summed E-state index contributed by atoms with van der Waals surface area (Å²) in [4.78, 5) is 8.12. The third-order valence-corrected chi connectivity index (χ3v) is 4.87. The number of rotatable bonds is 10. The Bertz CT molecular complexity index is 815. The van der Waals surface area contributed by atoms with Crippen molar-refractivity contribution in [3.8, 4) is 0 Å². The number of nitrogens with one attached hydrogen (secondary N) is 1. The Kier molecular flexibility index (Phi) is 7.06. The van der Waals surface area contributed by atoms with Crippen molar-refractivity contribution in [3.05, 3.63) is 65.5 Å². The van der Waals surface area contributed by atoms with Gasteiger partial charge in [0.2, 0.25) is 0 Å². The van der Waals surface area contributed by atoms with Crippen LogP contribution in [0.5, 0.6) is 0 Å². The zero-order chi connectivity index (χ0) is 18.0. The Morgan fingerprint density at radius 1 is 0.846 bits per heavy atom. The first-order chi connectivity index (χ1) is 12.8. The summed E-state index contributed by atoms with van der Waals surface area (Å²) in [5.41, 5.74) is 4.77. The van der Waals surface area contributed by atoms with Gasteiger partial charge in [-0.2, -0.15) is 0 Å². The average molecular weight is 347 g/mol. The summed E-state index contributed by atoms with van der Waals surface area (Å²) < 4.78 is 0. The minimum absolute atomic E-state index is 0.914. The highest BCUT2D eigenvalue weighted by molar-refractivity contribution is 5.79. The van der Waals surface area contributed by atoms with Gasteiger partial charge in [0.05, 0.1) is 11.0 Å². The van der Waals surface area contributed by atoms with Crippen LogP contribution in [-0.2, 0) is 6.42 Å². The molecule has 2 heteroatoms. The zero-order valence-electron chi connectivity index (χ0n) is 15.9. The summed E-state index contributed by atoms with van der Waals surface area (Å²) in [6.07, 6.45) is 14.8. The van der Waals surface area contributed by atoms with Gasteiger partial charge in [-0.05, 0) is 42.2 Å². The van der Waals surface area contributed by atoms with E-state index in [-0.39, 0.29) is 0 Å². The number of benzene rings is 2. The fourth-order valence-corrected chi connectivity index (χ4v) is 3.33. The molecule has 0 aliphatic rings. The lowest BCUT2D eigenvalue weighted by Gasteiger charge is -2.02. The van der Waals surface area contributed by atoms with Crippen LogP contribution in [0.2, 0.25) is 0 Å². The van der Waals surface area contributed by atoms with Crippen molar-refractivity contribution < 1.29 is 0 Å². The van der Waals surface area contributed by atoms with Gasteiger partial charge in [0, 0.05) is 0 Å². The lowest BCUT2D eigenvalue weighted by molar-refractivity contribution is 0.589. The van der Waals surface area contributed by atoms with Gasteiger partial charge in [-0.1, -0.05) is 87.9 Å². The van der Waals surface area contributed by atoms with Crippen LogP contribution < -0.4 is 0 Å². The molecule has 0 unspecified atom stereocenters. The minimum Gasteiger partial charge on any atom is -0.338 e. The number of aryl methyl sites for hydroxylation is 1. The minimum atomic E-state index is 0.914. The lowest BCUT2D eigenvalue weighted by Crippen LogP contribution is -1.86. The molecule has 1 N–H and O–H groups in total. The van der Waals surface area contributed by atoms with E-state index in [4.69, 9.17) is 4.98 Å². The quantitative estimate of drug-likeness (QED) is 0.392. The Morgan fingerprint density at radius 2 is 1.62 bits per heavy atom. The lowest BCUT2D eigenvalue weighted by atomic mass is 10.0. The highest BCUT2D eigenvalue weighted by Crippen LogP contribution is 2.17. The van der Waals surface area contributed by atoms with Crippen LogP contribution in [0.25, 0.3) is 23.2 Å². The van der Waals surface area contributed by atoms with Crippen LogP contribution in [0.3, 0.4) is 0 Å². The summed E-state index contributed by atoms with van der Waals surface area (Å²) >= 11 is 0. The maximum absolute atomic E-state index is 4.72. The van der Waals surface area contributed by atoms with Crippen LogP contribution in [-0.4, -0.2) is 9.97 Å². The summed E-state index contributed by atoms with van der Waals surface area (Å²) in [5.74, 6) is 0.914. The molecule has 0 bridgehead atoms. The summed E-state index contributed by atoms with van der Waals surface area (Å²) in [6.45, 7) is 2.27. The molecule has 0 aliphatic heterocycles. The molecule has 1 heterocycles. The normalized spacial score (nSPS) is 11.6. The Morgan fingerprint density at radius 3 is 2.42 bits per heavy atom. The van der Waals surface area contributed by atoms with Crippen molar-refractivity contribution in [3.63, 3.8) is 0 Å². The van der Waals surface area contributed by atoms with Gasteiger partial charge < -0.3 is 4.98 Å². The Balaban J connectivity index is 1.53. The van der Waals surface area contributed by atoms with Crippen LogP contribution in [0, 0.1) is 0 Å². The fraction of sp³-hybridized carbons (Fsp3) is 0.375. The molecule has 0 fully saturated rings. The Hall–Kier alpha value is -2.35. The van der Waals surface area contributed by atoms with Crippen LogP contribution in [0.4, 0.5) is 0 Å². The second-order valence-electron chi connectivity index (χ2n) is 7.09. The van der Waals surface area contributed by atoms with Gasteiger partial charge in [-0.3, -0.25) is 0 Å². The maximum atomic E-state index is 4.72. The molecule has 1 aromatic heterocycles. The molecule has 0 radical (unpaired) electrons. The van der Waals surface area contributed by atoms with E-state index >= 15 is 0 Å². The second kappa shape index (κ2) is 9.96. The average Bonchev–Trinajstić information content (AvgIpc) is 3.09. The number of H-pyrrole nitrogens is 1. The highest BCUT2D eigenvalue weighted by Gasteiger charge is 2.02. The maximum Gasteiger partial charge on any atom is 0.131 e. The third kappa shape index (κ3) is 5.59. The molecule has 3 rings (SSSR count). The van der Waals surface area contributed by atoms with Gasteiger partial charge in [0.1, 0.15) is 5.82 Å². The van der Waals surface area contributed by atoms with E-state index in [2.05, 4.69) is 48.3 Å². The van der Waals surface area contributed by atoms with Crippen molar-refractivity contribution in [1.82, 2.24) is 9.97 Å². The number of hydrogen-bond acceptors (Lipinski definition) is 1. The smallest absolute Gasteiger partial charge is 0.131 e. The standard InChI is InChI=1S/C24H30N2/c1-2-3-4-5-6-7-9-14-21-15-17-22-23(19-21)26-24(25-22)18-16-20-12-10-8-11-13-20/h8,10-13,15-19H,2-7,9,14H2,1H3,(H,25,26). The highest BCUT2D eigenvalue weighted by atomic mass is 14.9. The van der Waals surface area contributed by atoms with Gasteiger partial charge in [0.15, 0.2) is 0 Å². The topological polar surface area (TPSA) is 28.7 Å². The molecule has 2 aromatic carbocycles. The summed E-state index contributed by atoms with van der Waals surface area (Å²) in [5, 5.41) is 0. The number of aromatic amines is 1. The number of hydrogen-bond donors (Lipinski definition) is 1. The molecule has 0 saturated heterocycles. The van der Waals surface area contributed by atoms with E-state index in [0.29, 0.717) is 0 Å². The largest absolute Gasteiger partial charge is 0.338 e. The predicted molar refractivity (Wildman–Crippen MR) is 113 cm³/mol. The number of nitrogens with zero attached hydrogens (tertiary/aromatic N) is 1. The predicted octanol–water partition coefficient (Wildman–Crippen LogP) is 7.03. The second-order valence-corrected chi connectivity index (χ2v) is 7.09. The van der Waals surface area contributed by atoms with Crippen molar-refractivity contribution in [2.24, 2.45) is 0 Å². The van der Waals surface area contributed by atoms with Crippen LogP contribution in [0.15, 0.2) is 48.5 Å². The Labute approximate surface area is 157 Å². The van der Waals surface area contributed by atoms with Crippen LogP contribution >= 0.6 is 0 Å². The van der Waals surface area contributed by atoms with E-state index in [1.807, 2.05) is 24.3 Å².